The number of phenols is 1. The quantitative estimate of drug-likeness (QED) is 0.681. The van der Waals surface area contributed by atoms with Crippen molar-refractivity contribution in [2.24, 2.45) is 0 Å². The van der Waals surface area contributed by atoms with Gasteiger partial charge in [0.25, 0.3) is 0 Å². The Hall–Kier alpha value is -2.04. The van der Waals surface area contributed by atoms with Crippen molar-refractivity contribution in [1.29, 1.82) is 0 Å². The van der Waals surface area contributed by atoms with Crippen LogP contribution in [0.15, 0.2) is 48.5 Å². The number of rotatable bonds is 8. The first-order valence-corrected chi connectivity index (χ1v) is 10.4. The summed E-state index contributed by atoms with van der Waals surface area (Å²) in [6, 6.07) is 16.0. The van der Waals surface area contributed by atoms with Crippen LogP contribution >= 0.6 is 0 Å². The highest BCUT2D eigenvalue weighted by molar-refractivity contribution is 5.40. The third kappa shape index (κ3) is 4.50. The lowest BCUT2D eigenvalue weighted by atomic mass is 9.66. The minimum atomic E-state index is -0.100. The van der Waals surface area contributed by atoms with Crippen molar-refractivity contribution in [3.05, 3.63) is 59.7 Å². The van der Waals surface area contributed by atoms with Gasteiger partial charge in [-0.3, -0.25) is 0 Å². The smallest absolute Gasteiger partial charge is 0.124 e. The molecule has 3 rings (SSSR count). The Labute approximate surface area is 168 Å². The summed E-state index contributed by atoms with van der Waals surface area (Å²) >= 11 is 0. The molecule has 2 atom stereocenters. The number of aromatic hydroxyl groups is 1. The van der Waals surface area contributed by atoms with Gasteiger partial charge in [0.2, 0.25) is 0 Å². The second-order valence-corrected chi connectivity index (χ2v) is 8.22. The molecule has 4 nitrogen and oxygen atoms in total. The van der Waals surface area contributed by atoms with E-state index in [-0.39, 0.29) is 11.0 Å². The second kappa shape index (κ2) is 8.97. The molecule has 1 heterocycles. The first-order valence-electron chi connectivity index (χ1n) is 10.4. The van der Waals surface area contributed by atoms with Crippen molar-refractivity contribution in [2.45, 2.75) is 57.1 Å². The van der Waals surface area contributed by atoms with E-state index in [0.29, 0.717) is 5.75 Å². The Morgan fingerprint density at radius 3 is 2.64 bits per heavy atom. The van der Waals surface area contributed by atoms with Crippen molar-refractivity contribution in [2.75, 3.05) is 20.3 Å². The van der Waals surface area contributed by atoms with Gasteiger partial charge >= 0.3 is 0 Å². The Bertz CT molecular complexity index is 778. The largest absolute Gasteiger partial charge is 0.507 e. The maximum Gasteiger partial charge on any atom is 0.124 e. The average molecular weight is 385 g/mol. The zero-order valence-corrected chi connectivity index (χ0v) is 17.4. The van der Waals surface area contributed by atoms with Gasteiger partial charge < -0.3 is 19.9 Å². The maximum absolute atomic E-state index is 10.0. The minimum absolute atomic E-state index is 0.0465. The van der Waals surface area contributed by atoms with Crippen LogP contribution in [0.1, 0.15) is 50.7 Å². The first-order chi connectivity index (χ1) is 13.5. The third-order valence-corrected chi connectivity index (χ3v) is 6.35. The summed E-state index contributed by atoms with van der Waals surface area (Å²) in [4.78, 5) is 0. The molecule has 152 valence electrons. The third-order valence-electron chi connectivity index (χ3n) is 6.35. The van der Waals surface area contributed by atoms with Gasteiger partial charge in [-0.1, -0.05) is 37.3 Å². The van der Waals surface area contributed by atoms with Crippen molar-refractivity contribution in [3.8, 4) is 11.5 Å². The number of ether oxygens (including phenoxy) is 2. The standard InChI is InChI=1S/C24H33NO3/c1-4-23(2)18-24(14-16-28-23,20-10-6-8-12-22(20)27-3)13-15-25-17-19-9-5-7-11-21(19)26/h5-12,25-26H,4,13-18H2,1-3H3/p+1/t23-,24-/m1/s1. The van der Waals surface area contributed by atoms with Crippen LogP contribution in [0.2, 0.25) is 0 Å². The highest BCUT2D eigenvalue weighted by atomic mass is 16.5. The summed E-state index contributed by atoms with van der Waals surface area (Å²) < 4.78 is 11.9. The minimum Gasteiger partial charge on any atom is -0.507 e. The van der Waals surface area contributed by atoms with Crippen molar-refractivity contribution in [3.63, 3.8) is 0 Å². The van der Waals surface area contributed by atoms with Crippen molar-refractivity contribution in [1.82, 2.24) is 0 Å². The van der Waals surface area contributed by atoms with Crippen molar-refractivity contribution >= 4 is 0 Å². The average Bonchev–Trinajstić information content (AvgIpc) is 2.72. The first kappa shape index (κ1) is 20.7. The van der Waals surface area contributed by atoms with Crippen molar-refractivity contribution < 1.29 is 19.9 Å². The van der Waals surface area contributed by atoms with Gasteiger partial charge in [-0.2, -0.15) is 0 Å². The zero-order valence-electron chi connectivity index (χ0n) is 17.4. The molecule has 0 spiro atoms. The Morgan fingerprint density at radius 1 is 1.14 bits per heavy atom. The molecule has 0 saturated carbocycles. The number of phenolic OH excluding ortho intramolecular Hbond substituents is 1. The van der Waals surface area contributed by atoms with E-state index < -0.39 is 0 Å². The number of para-hydroxylation sites is 2. The van der Waals surface area contributed by atoms with E-state index in [1.165, 1.54) is 5.56 Å². The summed E-state index contributed by atoms with van der Waals surface area (Å²) in [5.41, 5.74) is 2.23. The number of hydrogen-bond donors (Lipinski definition) is 2. The summed E-state index contributed by atoms with van der Waals surface area (Å²) in [6.45, 7) is 7.01. The van der Waals surface area contributed by atoms with E-state index in [9.17, 15) is 5.11 Å². The van der Waals surface area contributed by atoms with Gasteiger partial charge in [-0.05, 0) is 44.4 Å². The van der Waals surface area contributed by atoms with E-state index in [4.69, 9.17) is 9.47 Å². The molecule has 0 aromatic heterocycles. The van der Waals surface area contributed by atoms with E-state index in [2.05, 4.69) is 37.4 Å². The topological polar surface area (TPSA) is 55.3 Å². The van der Waals surface area contributed by atoms with Crippen LogP contribution in [0.5, 0.6) is 11.5 Å². The molecule has 0 amide bonds. The second-order valence-electron chi connectivity index (χ2n) is 8.22. The van der Waals surface area contributed by atoms with Gasteiger partial charge in [0.15, 0.2) is 0 Å². The molecule has 4 heteroatoms. The SMILES string of the molecule is CC[C@]1(C)C[C@](CC[NH2+]Cc2ccccc2O)(c2ccccc2OC)CCO1. The lowest BCUT2D eigenvalue weighted by Crippen LogP contribution is -2.83. The molecule has 1 fully saturated rings. The Balaban J connectivity index is 1.78. The van der Waals surface area contributed by atoms with Crippen LogP contribution in [0.4, 0.5) is 0 Å². The molecule has 0 unspecified atom stereocenters. The summed E-state index contributed by atoms with van der Waals surface area (Å²) in [7, 11) is 1.76. The molecule has 28 heavy (non-hydrogen) atoms. The van der Waals surface area contributed by atoms with Gasteiger partial charge in [0.1, 0.15) is 18.0 Å². The van der Waals surface area contributed by atoms with E-state index in [1.54, 1.807) is 13.2 Å². The summed E-state index contributed by atoms with van der Waals surface area (Å²) in [5, 5.41) is 12.3. The molecular formula is C24H34NO3+. The Kier molecular flexibility index (Phi) is 6.63. The fourth-order valence-electron chi connectivity index (χ4n) is 4.56. The monoisotopic (exact) mass is 384 g/mol. The fourth-order valence-corrected chi connectivity index (χ4v) is 4.56. The molecule has 1 saturated heterocycles. The molecular weight excluding hydrogens is 350 g/mol. The van der Waals surface area contributed by atoms with Gasteiger partial charge in [-0.25, -0.2) is 0 Å². The number of methoxy groups -OCH3 is 1. The summed E-state index contributed by atoms with van der Waals surface area (Å²) in [5.74, 6) is 1.35. The van der Waals surface area contributed by atoms with Gasteiger partial charge in [-0.15, -0.1) is 0 Å². The molecule has 3 N–H and O–H groups in total. The Morgan fingerprint density at radius 2 is 1.89 bits per heavy atom. The van der Waals surface area contributed by atoms with Crippen LogP contribution in [-0.4, -0.2) is 31.0 Å². The number of hydrogen-bond acceptors (Lipinski definition) is 3. The molecule has 1 aliphatic heterocycles. The maximum atomic E-state index is 10.0. The number of benzene rings is 2. The van der Waals surface area contributed by atoms with Gasteiger partial charge in [0, 0.05) is 29.6 Å². The predicted molar refractivity (Wildman–Crippen MR) is 112 cm³/mol. The van der Waals surface area contributed by atoms with Crippen LogP contribution in [-0.2, 0) is 16.7 Å². The van der Waals surface area contributed by atoms with Crippen LogP contribution < -0.4 is 10.1 Å². The van der Waals surface area contributed by atoms with E-state index >= 15 is 0 Å². The van der Waals surface area contributed by atoms with E-state index in [1.807, 2.05) is 24.3 Å². The molecule has 0 aliphatic carbocycles. The molecule has 2 aromatic carbocycles. The fraction of sp³-hybridized carbons (Fsp3) is 0.500. The normalized spacial score (nSPS) is 24.8. The molecule has 0 radical (unpaired) electrons. The van der Waals surface area contributed by atoms with Crippen LogP contribution in [0.25, 0.3) is 0 Å². The lowest BCUT2D eigenvalue weighted by Gasteiger charge is -2.46. The number of nitrogens with two attached hydrogens (primary N) is 1. The van der Waals surface area contributed by atoms with Crippen LogP contribution in [0, 0.1) is 0 Å². The highest BCUT2D eigenvalue weighted by Gasteiger charge is 2.44. The number of quaternary nitrogens is 1. The molecule has 2 aromatic rings. The van der Waals surface area contributed by atoms with E-state index in [0.717, 1.165) is 56.7 Å². The molecule has 1 aliphatic rings. The lowest BCUT2D eigenvalue weighted by molar-refractivity contribution is -0.672. The summed E-state index contributed by atoms with van der Waals surface area (Å²) in [6.07, 6.45) is 4.07. The highest BCUT2D eigenvalue weighted by Crippen LogP contribution is 2.47. The predicted octanol–water partition coefficient (Wildman–Crippen LogP) is 3.77. The van der Waals surface area contributed by atoms with Gasteiger partial charge in [0.05, 0.1) is 19.3 Å². The zero-order chi connectivity index (χ0) is 20.0. The van der Waals surface area contributed by atoms with Crippen LogP contribution in [0.3, 0.4) is 0 Å². The molecule has 0 bridgehead atoms.